The van der Waals surface area contributed by atoms with Crippen LogP contribution in [0.3, 0.4) is 0 Å². The number of anilines is 2. The highest BCUT2D eigenvalue weighted by Crippen LogP contribution is 2.40. The summed E-state index contributed by atoms with van der Waals surface area (Å²) in [7, 11) is 0. The Morgan fingerprint density at radius 1 is 1.08 bits per heavy atom. The van der Waals surface area contributed by atoms with Gasteiger partial charge in [0.05, 0.1) is 5.69 Å². The Balaban J connectivity index is 1.78. The number of hydrogen-bond donors (Lipinski definition) is 1. The first-order valence-electron chi connectivity index (χ1n) is 11.1. The number of para-hydroxylation sites is 1. The van der Waals surface area contributed by atoms with Gasteiger partial charge in [0.25, 0.3) is 5.91 Å². The third kappa shape index (κ3) is 6.20. The quantitative estimate of drug-likeness (QED) is 0.361. The Morgan fingerprint density at radius 3 is 2.38 bits per heavy atom. The topological polar surface area (TPSA) is 61.9 Å². The average Bonchev–Trinajstić information content (AvgIpc) is 3.08. The lowest BCUT2D eigenvalue weighted by Gasteiger charge is -2.26. The highest BCUT2D eigenvalue weighted by molar-refractivity contribution is 7.80. The second-order valence-electron chi connectivity index (χ2n) is 8.24. The van der Waals surface area contributed by atoms with Crippen molar-refractivity contribution in [2.75, 3.05) is 16.8 Å². The van der Waals surface area contributed by atoms with Crippen LogP contribution < -0.4 is 15.0 Å². The molecular weight excluding hydrogens is 527 g/mol. The largest absolute Gasteiger partial charge is 0.573 e. The van der Waals surface area contributed by atoms with Crippen molar-refractivity contribution in [3.63, 3.8) is 0 Å². The molecule has 0 aromatic heterocycles. The van der Waals surface area contributed by atoms with Gasteiger partial charge in [-0.2, -0.15) is 0 Å². The van der Waals surface area contributed by atoms with Crippen LogP contribution in [0.25, 0.3) is 0 Å². The summed E-state index contributed by atoms with van der Waals surface area (Å²) in [6.45, 7) is 1.53. The number of halogens is 4. The lowest BCUT2D eigenvalue weighted by molar-refractivity contribution is -0.274. The van der Waals surface area contributed by atoms with Crippen molar-refractivity contribution >= 4 is 52.1 Å². The summed E-state index contributed by atoms with van der Waals surface area (Å²) >= 11 is 11.7. The van der Waals surface area contributed by atoms with Crippen LogP contribution in [-0.4, -0.2) is 34.7 Å². The van der Waals surface area contributed by atoms with Crippen molar-refractivity contribution in [1.82, 2.24) is 4.90 Å². The third-order valence-electron chi connectivity index (χ3n) is 5.63. The molecule has 1 unspecified atom stereocenters. The first-order chi connectivity index (χ1) is 17.5. The maximum Gasteiger partial charge on any atom is 0.573 e. The monoisotopic (exact) mass is 547 g/mol. The number of hydrogen-bond acceptors (Lipinski definition) is 4. The number of nitrogens with zero attached hydrogens (tertiary/aromatic N) is 2. The van der Waals surface area contributed by atoms with E-state index in [1.165, 1.54) is 17.9 Å². The second-order valence-corrected chi connectivity index (χ2v) is 9.04. The highest BCUT2D eigenvalue weighted by Gasteiger charge is 2.45. The SMILES string of the molecule is CC(=O)Nc1ccc(OC(F)(F)F)cc1C1C(=O)N(c2ccccc2)C(=S)N1CCc1ccc(Cl)cc1. The molecule has 1 aliphatic heterocycles. The molecule has 0 bridgehead atoms. The molecule has 1 atom stereocenters. The van der Waals surface area contributed by atoms with E-state index in [2.05, 4.69) is 10.1 Å². The van der Waals surface area contributed by atoms with Crippen LogP contribution in [0.1, 0.15) is 24.1 Å². The summed E-state index contributed by atoms with van der Waals surface area (Å²) in [6, 6.07) is 18.2. The zero-order chi connectivity index (χ0) is 26.7. The summed E-state index contributed by atoms with van der Waals surface area (Å²) in [4.78, 5) is 28.7. The number of thiocarbonyl (C=S) groups is 1. The molecule has 0 spiro atoms. The van der Waals surface area contributed by atoms with Gasteiger partial charge in [-0.1, -0.05) is 41.9 Å². The smallest absolute Gasteiger partial charge is 0.406 e. The van der Waals surface area contributed by atoms with E-state index in [-0.39, 0.29) is 22.9 Å². The molecule has 192 valence electrons. The molecule has 0 radical (unpaired) electrons. The highest BCUT2D eigenvalue weighted by atomic mass is 35.5. The average molecular weight is 548 g/mol. The number of nitrogens with one attached hydrogen (secondary N) is 1. The minimum absolute atomic E-state index is 0.124. The van der Waals surface area contributed by atoms with Gasteiger partial charge < -0.3 is 15.0 Å². The summed E-state index contributed by atoms with van der Waals surface area (Å²) in [6.07, 6.45) is -4.47. The van der Waals surface area contributed by atoms with E-state index in [0.717, 1.165) is 17.7 Å². The van der Waals surface area contributed by atoms with Crippen molar-refractivity contribution in [3.05, 3.63) is 88.9 Å². The molecule has 4 rings (SSSR count). The molecule has 6 nitrogen and oxygen atoms in total. The minimum Gasteiger partial charge on any atom is -0.406 e. The zero-order valence-electron chi connectivity index (χ0n) is 19.5. The predicted molar refractivity (Wildman–Crippen MR) is 139 cm³/mol. The van der Waals surface area contributed by atoms with Crippen LogP contribution in [0, 0.1) is 0 Å². The molecule has 37 heavy (non-hydrogen) atoms. The fourth-order valence-corrected chi connectivity index (χ4v) is 4.62. The van der Waals surface area contributed by atoms with Gasteiger partial charge in [-0.3, -0.25) is 14.5 Å². The number of benzene rings is 3. The van der Waals surface area contributed by atoms with Gasteiger partial charge in [0.1, 0.15) is 11.8 Å². The van der Waals surface area contributed by atoms with Gasteiger partial charge in [-0.25, -0.2) is 0 Å². The number of rotatable bonds is 7. The van der Waals surface area contributed by atoms with Crippen molar-refractivity contribution in [2.24, 2.45) is 0 Å². The summed E-state index contributed by atoms with van der Waals surface area (Å²) in [5.74, 6) is -1.44. The molecule has 1 saturated heterocycles. The fourth-order valence-electron chi connectivity index (χ4n) is 4.10. The van der Waals surface area contributed by atoms with Crippen LogP contribution in [0.4, 0.5) is 24.5 Å². The number of alkyl halides is 3. The summed E-state index contributed by atoms with van der Waals surface area (Å²) < 4.78 is 43.1. The maximum absolute atomic E-state index is 13.8. The van der Waals surface area contributed by atoms with E-state index in [0.29, 0.717) is 17.1 Å². The van der Waals surface area contributed by atoms with Gasteiger partial charge in [0, 0.05) is 29.7 Å². The molecule has 0 aliphatic carbocycles. The first-order valence-corrected chi connectivity index (χ1v) is 11.9. The molecule has 1 aliphatic rings. The number of amides is 2. The molecule has 1 heterocycles. The minimum atomic E-state index is -4.94. The summed E-state index contributed by atoms with van der Waals surface area (Å²) in [5.41, 5.74) is 1.74. The fraction of sp³-hybridized carbons (Fsp3) is 0.192. The molecule has 3 aromatic carbocycles. The summed E-state index contributed by atoms with van der Waals surface area (Å²) in [5, 5.41) is 3.36. The second kappa shape index (κ2) is 10.8. The van der Waals surface area contributed by atoms with E-state index in [1.54, 1.807) is 47.4 Å². The van der Waals surface area contributed by atoms with Crippen molar-refractivity contribution in [1.29, 1.82) is 0 Å². The standard InChI is InChI=1S/C26H21ClF3N3O3S/c1-16(34)31-22-12-11-20(36-26(28,29)30)15-21(22)23-24(35)33(19-5-3-2-4-6-19)25(37)32(23)14-13-17-7-9-18(27)10-8-17/h2-12,15,23H,13-14H2,1H3,(H,31,34). The zero-order valence-corrected chi connectivity index (χ0v) is 21.0. The molecular formula is C26H21ClF3N3O3S. The number of ether oxygens (including phenoxy) is 1. The normalized spacial score (nSPS) is 15.8. The van der Waals surface area contributed by atoms with Crippen LogP contribution in [0.15, 0.2) is 72.8 Å². The first kappa shape index (κ1) is 26.4. The number of carbonyl (C=O) groups is 2. The molecule has 1 N–H and O–H groups in total. The molecule has 11 heteroatoms. The van der Waals surface area contributed by atoms with E-state index < -0.39 is 30.0 Å². The van der Waals surface area contributed by atoms with E-state index in [4.69, 9.17) is 23.8 Å². The van der Waals surface area contributed by atoms with Gasteiger partial charge >= 0.3 is 6.36 Å². The molecule has 1 fully saturated rings. The van der Waals surface area contributed by atoms with Crippen LogP contribution in [0.2, 0.25) is 5.02 Å². The number of carbonyl (C=O) groups excluding carboxylic acids is 2. The lowest BCUT2D eigenvalue weighted by Crippen LogP contribution is -2.34. The van der Waals surface area contributed by atoms with E-state index in [1.807, 2.05) is 12.1 Å². The third-order valence-corrected chi connectivity index (χ3v) is 6.30. The van der Waals surface area contributed by atoms with E-state index >= 15 is 0 Å². The van der Waals surface area contributed by atoms with Crippen LogP contribution in [0.5, 0.6) is 5.75 Å². The van der Waals surface area contributed by atoms with Gasteiger partial charge in [0.2, 0.25) is 5.91 Å². The van der Waals surface area contributed by atoms with Crippen LogP contribution in [-0.2, 0) is 16.0 Å². The van der Waals surface area contributed by atoms with Crippen molar-refractivity contribution in [3.8, 4) is 5.75 Å². The lowest BCUT2D eigenvalue weighted by atomic mass is 10.0. The predicted octanol–water partition coefficient (Wildman–Crippen LogP) is 6.11. The Labute approximate surface area is 221 Å². The molecule has 3 aromatic rings. The van der Waals surface area contributed by atoms with Gasteiger partial charge in [-0.15, -0.1) is 13.2 Å². The Kier molecular flexibility index (Phi) is 7.70. The van der Waals surface area contributed by atoms with Crippen LogP contribution >= 0.6 is 23.8 Å². The maximum atomic E-state index is 13.8. The van der Waals surface area contributed by atoms with Crippen molar-refractivity contribution < 1.29 is 27.5 Å². The Bertz CT molecular complexity index is 1320. The van der Waals surface area contributed by atoms with E-state index in [9.17, 15) is 22.8 Å². The van der Waals surface area contributed by atoms with Crippen molar-refractivity contribution in [2.45, 2.75) is 25.7 Å². The molecule has 0 saturated carbocycles. The molecule has 2 amide bonds. The Hall–Kier alpha value is -3.63. The van der Waals surface area contributed by atoms with Gasteiger partial charge in [0.15, 0.2) is 5.11 Å². The van der Waals surface area contributed by atoms with Gasteiger partial charge in [-0.05, 0) is 66.7 Å². The Morgan fingerprint density at radius 2 is 1.76 bits per heavy atom.